The molecule has 0 radical (unpaired) electrons. The van der Waals surface area contributed by atoms with Crippen molar-refractivity contribution in [2.45, 2.75) is 56.6 Å². The van der Waals surface area contributed by atoms with E-state index in [1.54, 1.807) is 24.3 Å². The molecule has 3 aromatic rings. The van der Waals surface area contributed by atoms with Gasteiger partial charge in [0.2, 0.25) is 0 Å². The van der Waals surface area contributed by atoms with Gasteiger partial charge in [-0.15, -0.1) is 0 Å². The molecule has 184 valence electrons. The lowest BCUT2D eigenvalue weighted by Crippen LogP contribution is -2.42. The van der Waals surface area contributed by atoms with Gasteiger partial charge in [-0.3, -0.25) is 14.6 Å². The number of nitrogens with zero attached hydrogens (tertiary/aromatic N) is 3. The zero-order valence-corrected chi connectivity index (χ0v) is 20.6. The summed E-state index contributed by atoms with van der Waals surface area (Å²) in [5.74, 6) is 0.235. The summed E-state index contributed by atoms with van der Waals surface area (Å²) in [5, 5.41) is 11.1. The molecule has 0 saturated heterocycles. The van der Waals surface area contributed by atoms with Crippen LogP contribution in [0.3, 0.4) is 0 Å². The van der Waals surface area contributed by atoms with Gasteiger partial charge in [-0.05, 0) is 72.6 Å². The molecule has 1 amide bonds. The van der Waals surface area contributed by atoms with Gasteiger partial charge in [-0.1, -0.05) is 29.8 Å². The first kappa shape index (κ1) is 23.1. The maximum absolute atomic E-state index is 13.2. The van der Waals surface area contributed by atoms with Gasteiger partial charge in [-0.25, -0.2) is 4.98 Å². The fourth-order valence-corrected chi connectivity index (χ4v) is 5.63. The molecule has 1 unspecified atom stereocenters. The van der Waals surface area contributed by atoms with Crippen LogP contribution in [0.25, 0.3) is 5.57 Å². The fraction of sp³-hybridized carbons (Fsp3) is 0.357. The Bertz CT molecular complexity index is 1440. The molecule has 1 fully saturated rings. The van der Waals surface area contributed by atoms with Crippen LogP contribution in [0.15, 0.2) is 53.6 Å². The van der Waals surface area contributed by atoms with Crippen LogP contribution in [0.2, 0.25) is 5.02 Å². The molecular formula is C28H27ClN4O3. The number of aromatic nitrogens is 3. The van der Waals surface area contributed by atoms with E-state index < -0.39 is 12.0 Å². The van der Waals surface area contributed by atoms with Crippen molar-refractivity contribution in [1.29, 1.82) is 0 Å². The van der Waals surface area contributed by atoms with Gasteiger partial charge in [0.05, 0.1) is 23.2 Å². The van der Waals surface area contributed by atoms with E-state index in [1.165, 1.54) is 16.9 Å². The second-order valence-electron chi connectivity index (χ2n) is 9.97. The lowest BCUT2D eigenvalue weighted by Gasteiger charge is -2.30. The number of aliphatic hydroxyl groups excluding tert-OH is 1. The lowest BCUT2D eigenvalue weighted by atomic mass is 9.93. The van der Waals surface area contributed by atoms with E-state index in [4.69, 9.17) is 16.6 Å². The SMILES string of the molecule is O=C(C(O)c1cccc(Cl)c1)N1CCc2nc(C3(c4cncc(C5=CCCC5)c4)CC3)[nH]c(=O)c2C1. The molecule has 1 saturated carbocycles. The Hall–Kier alpha value is -3.29. The van der Waals surface area contributed by atoms with Crippen LogP contribution in [0.5, 0.6) is 0 Å². The van der Waals surface area contributed by atoms with Gasteiger partial charge in [0.15, 0.2) is 6.10 Å². The van der Waals surface area contributed by atoms with E-state index in [0.29, 0.717) is 34.9 Å². The quantitative estimate of drug-likeness (QED) is 0.547. The van der Waals surface area contributed by atoms with Crippen LogP contribution in [-0.4, -0.2) is 37.4 Å². The summed E-state index contributed by atoms with van der Waals surface area (Å²) in [7, 11) is 0. The van der Waals surface area contributed by atoms with Crippen molar-refractivity contribution in [3.63, 3.8) is 0 Å². The molecule has 0 spiro atoms. The molecule has 6 rings (SSSR count). The Morgan fingerprint density at radius 3 is 2.81 bits per heavy atom. The van der Waals surface area contributed by atoms with Crippen LogP contribution in [-0.2, 0) is 23.2 Å². The number of hydrogen-bond acceptors (Lipinski definition) is 5. The van der Waals surface area contributed by atoms with Crippen molar-refractivity contribution in [1.82, 2.24) is 19.9 Å². The van der Waals surface area contributed by atoms with Crippen molar-refractivity contribution >= 4 is 23.1 Å². The molecular weight excluding hydrogens is 476 g/mol. The minimum absolute atomic E-state index is 0.118. The molecule has 2 aromatic heterocycles. The predicted octanol–water partition coefficient (Wildman–Crippen LogP) is 4.08. The number of amides is 1. The monoisotopic (exact) mass is 502 g/mol. The minimum atomic E-state index is -1.33. The number of allylic oxidation sites excluding steroid dienone is 2. The molecule has 3 aliphatic rings. The highest BCUT2D eigenvalue weighted by atomic mass is 35.5. The lowest BCUT2D eigenvalue weighted by molar-refractivity contribution is -0.141. The molecule has 1 atom stereocenters. The molecule has 2 N–H and O–H groups in total. The van der Waals surface area contributed by atoms with Crippen molar-refractivity contribution in [3.05, 3.63) is 98.0 Å². The summed E-state index contributed by atoms with van der Waals surface area (Å²) in [4.78, 5) is 40.1. The second kappa shape index (κ2) is 8.98. The van der Waals surface area contributed by atoms with Crippen molar-refractivity contribution in [2.75, 3.05) is 6.54 Å². The van der Waals surface area contributed by atoms with Gasteiger partial charge >= 0.3 is 0 Å². The third-order valence-corrected chi connectivity index (χ3v) is 7.92. The first-order chi connectivity index (χ1) is 17.4. The summed E-state index contributed by atoms with van der Waals surface area (Å²) in [6, 6.07) is 8.82. The summed E-state index contributed by atoms with van der Waals surface area (Å²) in [5.41, 5.74) is 4.69. The zero-order valence-electron chi connectivity index (χ0n) is 19.8. The Labute approximate surface area is 213 Å². The molecule has 1 aromatic carbocycles. The van der Waals surface area contributed by atoms with Gasteiger partial charge in [0.1, 0.15) is 5.82 Å². The fourth-order valence-electron chi connectivity index (χ4n) is 5.43. The van der Waals surface area contributed by atoms with E-state index in [-0.39, 0.29) is 17.5 Å². The van der Waals surface area contributed by atoms with Gasteiger partial charge in [0, 0.05) is 30.4 Å². The van der Waals surface area contributed by atoms with Crippen LogP contribution in [0, 0.1) is 0 Å². The first-order valence-electron chi connectivity index (χ1n) is 12.4. The number of aromatic amines is 1. The number of fused-ring (bicyclic) bond motifs is 1. The number of H-pyrrole nitrogens is 1. The standard InChI is InChI=1S/C28H27ClN4O3/c29-21-7-3-6-18(13-21)24(34)26(36)33-11-8-23-22(16-33)25(35)32-27(31-23)28(9-10-28)20-12-19(14-30-15-20)17-4-1-2-5-17/h3-4,6-7,12-15,24,34H,1-2,5,8-11,16H2,(H,31,32,35). The van der Waals surface area contributed by atoms with E-state index in [2.05, 4.69) is 22.1 Å². The van der Waals surface area contributed by atoms with Crippen molar-refractivity contribution in [2.24, 2.45) is 0 Å². The number of carbonyl (C=O) groups excluding carboxylic acids is 1. The average molecular weight is 503 g/mol. The summed E-state index contributed by atoms with van der Waals surface area (Å²) in [6.45, 7) is 0.504. The number of carbonyl (C=O) groups is 1. The summed E-state index contributed by atoms with van der Waals surface area (Å²) >= 11 is 6.01. The number of halogens is 1. The maximum atomic E-state index is 13.2. The second-order valence-corrected chi connectivity index (χ2v) is 10.4. The predicted molar refractivity (Wildman–Crippen MR) is 136 cm³/mol. The van der Waals surface area contributed by atoms with E-state index in [0.717, 1.165) is 42.5 Å². The highest BCUT2D eigenvalue weighted by Crippen LogP contribution is 2.52. The van der Waals surface area contributed by atoms with Crippen LogP contribution in [0.4, 0.5) is 0 Å². The average Bonchev–Trinajstić information content (AvgIpc) is 3.53. The number of pyridine rings is 1. The largest absolute Gasteiger partial charge is 0.378 e. The molecule has 1 aliphatic heterocycles. The third kappa shape index (κ3) is 4.06. The Kier molecular flexibility index (Phi) is 5.77. The van der Waals surface area contributed by atoms with Gasteiger partial charge < -0.3 is 15.0 Å². The zero-order chi connectivity index (χ0) is 24.9. The Balaban J connectivity index is 1.26. The van der Waals surface area contributed by atoms with Gasteiger partial charge in [-0.2, -0.15) is 0 Å². The van der Waals surface area contributed by atoms with Crippen molar-refractivity contribution in [3.8, 4) is 0 Å². The third-order valence-electron chi connectivity index (χ3n) is 7.68. The van der Waals surface area contributed by atoms with Crippen LogP contribution < -0.4 is 5.56 Å². The Morgan fingerprint density at radius 1 is 1.19 bits per heavy atom. The maximum Gasteiger partial charge on any atom is 0.256 e. The smallest absolute Gasteiger partial charge is 0.256 e. The number of hydrogen-bond donors (Lipinski definition) is 2. The van der Waals surface area contributed by atoms with E-state index in [9.17, 15) is 14.7 Å². The Morgan fingerprint density at radius 2 is 2.06 bits per heavy atom. The molecule has 3 heterocycles. The molecule has 2 aliphatic carbocycles. The highest BCUT2D eigenvalue weighted by molar-refractivity contribution is 6.30. The minimum Gasteiger partial charge on any atom is -0.378 e. The first-order valence-corrected chi connectivity index (χ1v) is 12.8. The molecule has 36 heavy (non-hydrogen) atoms. The molecule has 8 heteroatoms. The number of aliphatic hydroxyl groups is 1. The summed E-state index contributed by atoms with van der Waals surface area (Å²) in [6.07, 6.45) is 10.4. The number of nitrogens with one attached hydrogen (secondary N) is 1. The van der Waals surface area contributed by atoms with E-state index >= 15 is 0 Å². The van der Waals surface area contributed by atoms with Gasteiger partial charge in [0.25, 0.3) is 11.5 Å². The van der Waals surface area contributed by atoms with Crippen LogP contribution >= 0.6 is 11.6 Å². The number of benzene rings is 1. The number of rotatable bonds is 5. The van der Waals surface area contributed by atoms with Crippen LogP contribution in [0.1, 0.15) is 72.0 Å². The molecule has 0 bridgehead atoms. The van der Waals surface area contributed by atoms with E-state index in [1.807, 2.05) is 12.4 Å². The molecule has 7 nitrogen and oxygen atoms in total. The topological polar surface area (TPSA) is 99.2 Å². The van der Waals surface area contributed by atoms with Crippen molar-refractivity contribution < 1.29 is 9.90 Å². The highest BCUT2D eigenvalue weighted by Gasteiger charge is 2.49. The summed E-state index contributed by atoms with van der Waals surface area (Å²) < 4.78 is 0. The normalized spacial score (nSPS) is 18.9.